The van der Waals surface area contributed by atoms with Crippen molar-refractivity contribution in [3.8, 4) is 0 Å². The number of nitrogens with one attached hydrogen (secondary N) is 2. The van der Waals surface area contributed by atoms with E-state index in [2.05, 4.69) is 10.6 Å². The lowest BCUT2D eigenvalue weighted by atomic mass is 10.2. The van der Waals surface area contributed by atoms with E-state index >= 15 is 0 Å². The molecular weight excluding hydrogens is 265 g/mol. The van der Waals surface area contributed by atoms with Gasteiger partial charge in [-0.15, -0.1) is 0 Å². The van der Waals surface area contributed by atoms with Gasteiger partial charge in [-0.3, -0.25) is 14.9 Å². The van der Waals surface area contributed by atoms with Gasteiger partial charge >= 0.3 is 0 Å². The van der Waals surface area contributed by atoms with Crippen molar-refractivity contribution in [1.29, 1.82) is 0 Å². The van der Waals surface area contributed by atoms with Crippen LogP contribution < -0.4 is 10.6 Å². The summed E-state index contributed by atoms with van der Waals surface area (Å²) in [4.78, 5) is 21.7. The molecule has 110 valence electrons. The van der Waals surface area contributed by atoms with E-state index in [-0.39, 0.29) is 12.1 Å². The molecule has 1 aromatic rings. The zero-order valence-electron chi connectivity index (χ0n) is 11.5. The Balaban J connectivity index is 2.60. The van der Waals surface area contributed by atoms with Crippen molar-refractivity contribution >= 4 is 17.3 Å². The monoisotopic (exact) mass is 283 g/mol. The second kappa shape index (κ2) is 7.54. The van der Waals surface area contributed by atoms with E-state index in [0.29, 0.717) is 19.0 Å². The van der Waals surface area contributed by atoms with Gasteiger partial charge in [-0.2, -0.15) is 0 Å². The van der Waals surface area contributed by atoms with Crippen molar-refractivity contribution in [2.45, 2.75) is 32.7 Å². The van der Waals surface area contributed by atoms with Crippen LogP contribution in [0.15, 0.2) is 18.2 Å². The highest BCUT2D eigenvalue weighted by Gasteiger charge is 2.19. The molecule has 2 N–H and O–H groups in total. The first-order valence-electron chi connectivity index (χ1n) is 6.38. The van der Waals surface area contributed by atoms with Gasteiger partial charge in [-0.1, -0.05) is 19.9 Å². The van der Waals surface area contributed by atoms with E-state index in [1.165, 1.54) is 6.07 Å². The molecule has 0 spiro atoms. The summed E-state index contributed by atoms with van der Waals surface area (Å²) in [7, 11) is 0. The molecule has 0 saturated carbocycles. The van der Waals surface area contributed by atoms with Crippen LogP contribution in [-0.2, 0) is 4.79 Å². The van der Waals surface area contributed by atoms with Crippen LogP contribution in [0.4, 0.5) is 15.8 Å². The largest absolute Gasteiger partial charge is 0.318 e. The van der Waals surface area contributed by atoms with Crippen LogP contribution in [-0.4, -0.2) is 23.4 Å². The molecule has 0 unspecified atom stereocenters. The number of hydrogen-bond acceptors (Lipinski definition) is 4. The third-order valence-corrected chi connectivity index (χ3v) is 2.59. The van der Waals surface area contributed by atoms with E-state index in [1.54, 1.807) is 0 Å². The number of para-hydroxylation sites is 1. The van der Waals surface area contributed by atoms with Crippen LogP contribution in [0, 0.1) is 15.9 Å². The lowest BCUT2D eigenvalue weighted by Gasteiger charge is -2.09. The normalized spacial score (nSPS) is 10.6. The van der Waals surface area contributed by atoms with Crippen LogP contribution in [0.3, 0.4) is 0 Å². The molecule has 6 nitrogen and oxygen atoms in total. The Hall–Kier alpha value is -2.02. The van der Waals surface area contributed by atoms with Crippen LogP contribution in [0.5, 0.6) is 0 Å². The quantitative estimate of drug-likeness (QED) is 0.457. The van der Waals surface area contributed by atoms with E-state index in [9.17, 15) is 19.3 Å². The number of benzene rings is 1. The van der Waals surface area contributed by atoms with E-state index in [1.807, 2.05) is 13.8 Å². The van der Waals surface area contributed by atoms with E-state index in [4.69, 9.17) is 0 Å². The molecule has 0 bridgehead atoms. The van der Waals surface area contributed by atoms with Gasteiger partial charge in [-0.25, -0.2) is 4.39 Å². The van der Waals surface area contributed by atoms with Crippen molar-refractivity contribution < 1.29 is 14.1 Å². The highest BCUT2D eigenvalue weighted by atomic mass is 19.1. The van der Waals surface area contributed by atoms with Crippen LogP contribution in [0.2, 0.25) is 0 Å². The van der Waals surface area contributed by atoms with Gasteiger partial charge in [0, 0.05) is 18.5 Å². The summed E-state index contributed by atoms with van der Waals surface area (Å²) >= 11 is 0. The van der Waals surface area contributed by atoms with Crippen molar-refractivity contribution in [2.24, 2.45) is 0 Å². The first-order chi connectivity index (χ1) is 9.41. The zero-order valence-corrected chi connectivity index (χ0v) is 11.5. The predicted octanol–water partition coefficient (Wildman–Crippen LogP) is 2.45. The minimum absolute atomic E-state index is 0.172. The van der Waals surface area contributed by atoms with Gasteiger partial charge in [-0.05, 0) is 19.0 Å². The Bertz CT molecular complexity index is 492. The molecule has 0 saturated heterocycles. The summed E-state index contributed by atoms with van der Waals surface area (Å²) in [6, 6.07) is 3.78. The summed E-state index contributed by atoms with van der Waals surface area (Å²) in [6.07, 6.45) is 0.747. The smallest absolute Gasteiger partial charge is 0.295 e. The number of nitrogens with zero attached hydrogens (tertiary/aromatic N) is 1. The second-order valence-corrected chi connectivity index (χ2v) is 4.65. The number of rotatable bonds is 7. The Kier molecular flexibility index (Phi) is 6.05. The fraction of sp³-hybridized carbons (Fsp3) is 0.462. The fourth-order valence-electron chi connectivity index (χ4n) is 1.63. The lowest BCUT2D eigenvalue weighted by molar-refractivity contribution is -0.384. The number of amides is 1. The SMILES string of the molecule is CC(C)NCCCC(=O)Nc1c(F)cccc1[N+](=O)[O-]. The maximum Gasteiger partial charge on any atom is 0.295 e. The molecule has 20 heavy (non-hydrogen) atoms. The van der Waals surface area contributed by atoms with Crippen molar-refractivity contribution in [2.75, 3.05) is 11.9 Å². The van der Waals surface area contributed by atoms with E-state index in [0.717, 1.165) is 12.1 Å². The Morgan fingerprint density at radius 2 is 2.15 bits per heavy atom. The van der Waals surface area contributed by atoms with Crippen molar-refractivity contribution in [3.63, 3.8) is 0 Å². The average Bonchev–Trinajstić information content (AvgIpc) is 2.36. The summed E-state index contributed by atoms with van der Waals surface area (Å²) in [5.41, 5.74) is -0.821. The molecule has 0 heterocycles. The van der Waals surface area contributed by atoms with Gasteiger partial charge in [0.25, 0.3) is 5.69 Å². The van der Waals surface area contributed by atoms with Gasteiger partial charge in [0.15, 0.2) is 11.5 Å². The van der Waals surface area contributed by atoms with Crippen LogP contribution in [0.1, 0.15) is 26.7 Å². The van der Waals surface area contributed by atoms with Crippen molar-refractivity contribution in [1.82, 2.24) is 5.32 Å². The molecule has 0 fully saturated rings. The minimum Gasteiger partial charge on any atom is -0.318 e. The third kappa shape index (κ3) is 4.93. The number of hydrogen-bond donors (Lipinski definition) is 2. The summed E-state index contributed by atoms with van der Waals surface area (Å²) in [6.45, 7) is 4.63. The lowest BCUT2D eigenvalue weighted by Crippen LogP contribution is -2.25. The molecule has 0 aromatic heterocycles. The first kappa shape index (κ1) is 16.0. The van der Waals surface area contributed by atoms with Gasteiger partial charge in [0.05, 0.1) is 4.92 Å². The Morgan fingerprint density at radius 1 is 1.45 bits per heavy atom. The minimum atomic E-state index is -0.812. The average molecular weight is 283 g/mol. The Morgan fingerprint density at radius 3 is 2.75 bits per heavy atom. The molecule has 1 amide bonds. The molecule has 0 aliphatic heterocycles. The van der Waals surface area contributed by atoms with Crippen LogP contribution >= 0.6 is 0 Å². The highest BCUT2D eigenvalue weighted by molar-refractivity contribution is 5.93. The number of carbonyl (C=O) groups is 1. The first-order valence-corrected chi connectivity index (χ1v) is 6.38. The molecule has 0 radical (unpaired) electrons. The summed E-state index contributed by atoms with van der Waals surface area (Å²) in [5.74, 6) is -1.25. The van der Waals surface area contributed by atoms with Gasteiger partial charge in [0.1, 0.15) is 0 Å². The molecule has 1 aromatic carbocycles. The maximum atomic E-state index is 13.5. The molecule has 0 aliphatic rings. The molecule has 0 aliphatic carbocycles. The number of halogens is 1. The summed E-state index contributed by atoms with van der Waals surface area (Å²) in [5, 5.41) is 16.2. The molecular formula is C13H18FN3O3. The number of nitro groups is 1. The predicted molar refractivity (Wildman–Crippen MR) is 74.1 cm³/mol. The fourth-order valence-corrected chi connectivity index (χ4v) is 1.63. The Labute approximate surface area is 116 Å². The molecule has 0 atom stereocenters. The number of carbonyl (C=O) groups excluding carboxylic acids is 1. The summed E-state index contributed by atoms with van der Waals surface area (Å²) < 4.78 is 13.5. The molecule has 1 rings (SSSR count). The standard InChI is InChI=1S/C13H18FN3O3/c1-9(2)15-8-4-7-12(18)16-13-10(14)5-3-6-11(13)17(19)20/h3,5-6,9,15H,4,7-8H2,1-2H3,(H,16,18). The third-order valence-electron chi connectivity index (χ3n) is 2.59. The highest BCUT2D eigenvalue weighted by Crippen LogP contribution is 2.27. The number of nitro benzene ring substituents is 1. The number of anilines is 1. The van der Waals surface area contributed by atoms with Gasteiger partial charge in [0.2, 0.25) is 5.91 Å². The van der Waals surface area contributed by atoms with Crippen LogP contribution in [0.25, 0.3) is 0 Å². The maximum absolute atomic E-state index is 13.5. The second-order valence-electron chi connectivity index (χ2n) is 4.65. The molecule has 7 heteroatoms. The van der Waals surface area contributed by atoms with E-state index < -0.39 is 22.3 Å². The van der Waals surface area contributed by atoms with Gasteiger partial charge < -0.3 is 10.6 Å². The zero-order chi connectivity index (χ0) is 15.1. The topological polar surface area (TPSA) is 84.3 Å². The van der Waals surface area contributed by atoms with Crippen molar-refractivity contribution in [3.05, 3.63) is 34.1 Å².